The second-order valence-electron chi connectivity index (χ2n) is 2.96. The second kappa shape index (κ2) is 1.73. The number of hydrogen-bond donors (Lipinski definition) is 0. The quantitative estimate of drug-likeness (QED) is 0.446. The van der Waals surface area contributed by atoms with Gasteiger partial charge in [-0.2, -0.15) is 0 Å². The molecule has 2 rings (SSSR count). The van der Waals surface area contributed by atoms with E-state index < -0.39 is 0 Å². The highest BCUT2D eigenvalue weighted by atomic mass is 15.0. The van der Waals surface area contributed by atoms with Gasteiger partial charge in [0.1, 0.15) is 0 Å². The summed E-state index contributed by atoms with van der Waals surface area (Å²) >= 11 is 0. The minimum absolute atomic E-state index is 0.786. The van der Waals surface area contributed by atoms with Gasteiger partial charge in [-0.25, -0.2) is 5.32 Å². The average molecular weight is 110 g/mol. The molecule has 0 amide bonds. The van der Waals surface area contributed by atoms with E-state index in [2.05, 4.69) is 5.32 Å². The standard InChI is InChI=1S/C7H12N/c1-2-6-4-5-7(3-1)8-6/h6-7H,1-5H2/t6-,7+. The number of hydrogen-bond acceptors (Lipinski definition) is 0. The lowest BCUT2D eigenvalue weighted by molar-refractivity contribution is 0.397. The normalized spacial score (nSPS) is 45.0. The summed E-state index contributed by atoms with van der Waals surface area (Å²) in [7, 11) is 0. The molecule has 0 aromatic rings. The molecule has 2 aliphatic rings. The van der Waals surface area contributed by atoms with Gasteiger partial charge >= 0.3 is 0 Å². The second-order valence-corrected chi connectivity index (χ2v) is 2.96. The van der Waals surface area contributed by atoms with Gasteiger partial charge in [-0.1, -0.05) is 6.42 Å². The Bertz CT molecular complexity index is 76.4. The van der Waals surface area contributed by atoms with E-state index in [0.29, 0.717) is 0 Å². The largest absolute Gasteiger partial charge is 0.235 e. The van der Waals surface area contributed by atoms with Crippen molar-refractivity contribution in [3.05, 3.63) is 0 Å². The van der Waals surface area contributed by atoms with Crippen LogP contribution in [0.2, 0.25) is 0 Å². The lowest BCUT2D eigenvalue weighted by Crippen LogP contribution is -2.26. The Morgan fingerprint density at radius 3 is 2.00 bits per heavy atom. The number of piperidine rings is 1. The maximum absolute atomic E-state index is 4.59. The molecule has 8 heavy (non-hydrogen) atoms. The number of fused-ring (bicyclic) bond motifs is 2. The van der Waals surface area contributed by atoms with E-state index in [1.54, 1.807) is 0 Å². The van der Waals surface area contributed by atoms with Crippen LogP contribution >= 0.6 is 0 Å². The number of nitrogens with zero attached hydrogens (tertiary/aromatic N) is 1. The predicted octanol–water partition coefficient (Wildman–Crippen LogP) is 1.31. The molecule has 0 spiro atoms. The van der Waals surface area contributed by atoms with E-state index in [-0.39, 0.29) is 0 Å². The molecule has 1 nitrogen and oxygen atoms in total. The molecule has 0 saturated carbocycles. The summed E-state index contributed by atoms with van der Waals surface area (Å²) in [6.07, 6.45) is 7.00. The summed E-state index contributed by atoms with van der Waals surface area (Å²) in [4.78, 5) is 0. The summed E-state index contributed by atoms with van der Waals surface area (Å²) in [5.41, 5.74) is 0. The minimum atomic E-state index is 0.786. The molecule has 0 aromatic heterocycles. The molecule has 2 heterocycles. The van der Waals surface area contributed by atoms with Crippen LogP contribution in [-0.4, -0.2) is 12.1 Å². The van der Waals surface area contributed by atoms with Gasteiger partial charge in [0.05, 0.1) is 0 Å². The Hall–Kier alpha value is -0.0400. The average Bonchev–Trinajstić information content (AvgIpc) is 2.12. The first-order valence-corrected chi connectivity index (χ1v) is 3.65. The van der Waals surface area contributed by atoms with Crippen molar-refractivity contribution in [1.29, 1.82) is 0 Å². The van der Waals surface area contributed by atoms with Crippen LogP contribution in [0, 0.1) is 0 Å². The Morgan fingerprint density at radius 2 is 1.50 bits per heavy atom. The first-order valence-electron chi connectivity index (χ1n) is 3.65. The smallest absolute Gasteiger partial charge is 0.0249 e. The van der Waals surface area contributed by atoms with E-state index in [1.165, 1.54) is 32.1 Å². The van der Waals surface area contributed by atoms with Crippen molar-refractivity contribution >= 4 is 0 Å². The summed E-state index contributed by atoms with van der Waals surface area (Å²) in [6.45, 7) is 0. The summed E-state index contributed by atoms with van der Waals surface area (Å²) in [6, 6.07) is 1.57. The molecule has 2 saturated heterocycles. The van der Waals surface area contributed by atoms with Crippen molar-refractivity contribution in [2.45, 2.75) is 44.2 Å². The van der Waals surface area contributed by atoms with Gasteiger partial charge in [0, 0.05) is 12.1 Å². The van der Waals surface area contributed by atoms with Crippen LogP contribution in [0.15, 0.2) is 0 Å². The topological polar surface area (TPSA) is 14.1 Å². The SMILES string of the molecule is C1C[C@@H]2CC[C@H](C1)[N]2. The lowest BCUT2D eigenvalue weighted by atomic mass is 10.1. The van der Waals surface area contributed by atoms with Gasteiger partial charge in [-0.15, -0.1) is 0 Å². The third-order valence-electron chi connectivity index (χ3n) is 2.33. The molecule has 0 N–H and O–H groups in total. The fourth-order valence-corrected chi connectivity index (χ4v) is 1.86. The van der Waals surface area contributed by atoms with Crippen LogP contribution in [0.25, 0.3) is 0 Å². The van der Waals surface area contributed by atoms with Crippen molar-refractivity contribution < 1.29 is 0 Å². The van der Waals surface area contributed by atoms with Crippen LogP contribution in [0.1, 0.15) is 32.1 Å². The first-order chi connectivity index (χ1) is 3.95. The van der Waals surface area contributed by atoms with E-state index >= 15 is 0 Å². The van der Waals surface area contributed by atoms with Crippen LogP contribution in [0.3, 0.4) is 0 Å². The zero-order chi connectivity index (χ0) is 5.40. The molecule has 2 aliphatic heterocycles. The maximum atomic E-state index is 4.59. The lowest BCUT2D eigenvalue weighted by Gasteiger charge is -2.17. The highest BCUT2D eigenvalue weighted by molar-refractivity contribution is 4.87. The van der Waals surface area contributed by atoms with Crippen LogP contribution < -0.4 is 5.32 Å². The Labute approximate surface area is 50.5 Å². The van der Waals surface area contributed by atoms with Crippen LogP contribution in [-0.2, 0) is 0 Å². The molecule has 2 bridgehead atoms. The molecule has 0 aromatic carbocycles. The summed E-state index contributed by atoms with van der Waals surface area (Å²) in [5, 5.41) is 4.59. The fourth-order valence-electron chi connectivity index (χ4n) is 1.86. The van der Waals surface area contributed by atoms with Crippen molar-refractivity contribution in [2.75, 3.05) is 0 Å². The molecular weight excluding hydrogens is 98.1 g/mol. The highest BCUT2D eigenvalue weighted by Crippen LogP contribution is 2.27. The highest BCUT2D eigenvalue weighted by Gasteiger charge is 2.28. The zero-order valence-electron chi connectivity index (χ0n) is 5.14. The predicted molar refractivity (Wildman–Crippen MR) is 32.8 cm³/mol. The van der Waals surface area contributed by atoms with Crippen molar-refractivity contribution in [3.63, 3.8) is 0 Å². The van der Waals surface area contributed by atoms with Gasteiger partial charge in [0.15, 0.2) is 0 Å². The summed E-state index contributed by atoms with van der Waals surface area (Å²) < 4.78 is 0. The summed E-state index contributed by atoms with van der Waals surface area (Å²) in [5.74, 6) is 0. The first kappa shape index (κ1) is 4.80. The molecule has 1 heteroatoms. The van der Waals surface area contributed by atoms with Crippen LogP contribution in [0.4, 0.5) is 0 Å². The van der Waals surface area contributed by atoms with Gasteiger partial charge in [0.25, 0.3) is 0 Å². The zero-order valence-corrected chi connectivity index (χ0v) is 5.14. The van der Waals surface area contributed by atoms with Gasteiger partial charge in [-0.05, 0) is 25.7 Å². The van der Waals surface area contributed by atoms with E-state index in [1.807, 2.05) is 0 Å². The van der Waals surface area contributed by atoms with Gasteiger partial charge < -0.3 is 0 Å². The van der Waals surface area contributed by atoms with Gasteiger partial charge in [-0.3, -0.25) is 0 Å². The van der Waals surface area contributed by atoms with E-state index in [0.717, 1.165) is 12.1 Å². The molecule has 45 valence electrons. The van der Waals surface area contributed by atoms with Crippen LogP contribution in [0.5, 0.6) is 0 Å². The van der Waals surface area contributed by atoms with Crippen molar-refractivity contribution in [1.82, 2.24) is 5.32 Å². The van der Waals surface area contributed by atoms with E-state index in [4.69, 9.17) is 0 Å². The third kappa shape index (κ3) is 0.655. The Kier molecular flexibility index (Phi) is 1.04. The van der Waals surface area contributed by atoms with E-state index in [9.17, 15) is 0 Å². The molecule has 0 aliphatic carbocycles. The van der Waals surface area contributed by atoms with Crippen molar-refractivity contribution in [2.24, 2.45) is 0 Å². The Morgan fingerprint density at radius 1 is 0.875 bits per heavy atom. The number of rotatable bonds is 0. The van der Waals surface area contributed by atoms with Gasteiger partial charge in [0.2, 0.25) is 0 Å². The third-order valence-corrected chi connectivity index (χ3v) is 2.33. The minimum Gasteiger partial charge on any atom is -0.235 e. The fraction of sp³-hybridized carbons (Fsp3) is 1.00. The molecule has 1 radical (unpaired) electrons. The van der Waals surface area contributed by atoms with Crippen molar-refractivity contribution in [3.8, 4) is 0 Å². The molecule has 2 fully saturated rings. The Balaban J connectivity index is 2.03. The maximum Gasteiger partial charge on any atom is 0.0249 e. The molecular formula is C7H12N. The monoisotopic (exact) mass is 110 g/mol. The molecule has 2 atom stereocenters. The molecule has 0 unspecified atom stereocenters.